The summed E-state index contributed by atoms with van der Waals surface area (Å²) in [5.74, 6) is 0.498. The van der Waals surface area contributed by atoms with E-state index in [-0.39, 0.29) is 0 Å². The lowest BCUT2D eigenvalue weighted by Crippen LogP contribution is -1.97. The molecular weight excluding hydrogens is 220 g/mol. The Morgan fingerprint density at radius 1 is 0.944 bits per heavy atom. The van der Waals surface area contributed by atoms with Gasteiger partial charge in [0.05, 0.1) is 0 Å². The van der Waals surface area contributed by atoms with Crippen LogP contribution in [-0.2, 0) is 12.8 Å². The first-order valence-electron chi connectivity index (χ1n) is 6.51. The third-order valence-electron chi connectivity index (χ3n) is 3.08. The SMILES string of the molecule is Cc1ccc(CCc2ccc(C(C)C)nc2)nc1. The molecule has 2 nitrogen and oxygen atoms in total. The van der Waals surface area contributed by atoms with Crippen molar-refractivity contribution in [2.75, 3.05) is 0 Å². The summed E-state index contributed by atoms with van der Waals surface area (Å²) in [6.07, 6.45) is 5.89. The second-order valence-corrected chi connectivity index (χ2v) is 5.07. The molecule has 94 valence electrons. The monoisotopic (exact) mass is 240 g/mol. The Labute approximate surface area is 109 Å². The first-order chi connectivity index (χ1) is 8.65. The van der Waals surface area contributed by atoms with Gasteiger partial charge in [0.1, 0.15) is 0 Å². The molecule has 2 rings (SSSR count). The molecule has 0 atom stereocenters. The number of nitrogens with zero attached hydrogens (tertiary/aromatic N) is 2. The smallest absolute Gasteiger partial charge is 0.0429 e. The summed E-state index contributed by atoms with van der Waals surface area (Å²) in [6, 6.07) is 8.52. The lowest BCUT2D eigenvalue weighted by molar-refractivity contribution is 0.814. The number of rotatable bonds is 4. The maximum Gasteiger partial charge on any atom is 0.0429 e. The molecule has 0 aliphatic rings. The van der Waals surface area contributed by atoms with Gasteiger partial charge < -0.3 is 0 Å². The van der Waals surface area contributed by atoms with Crippen molar-refractivity contribution in [3.8, 4) is 0 Å². The van der Waals surface area contributed by atoms with Crippen LogP contribution in [0.5, 0.6) is 0 Å². The van der Waals surface area contributed by atoms with Gasteiger partial charge in [0, 0.05) is 23.8 Å². The van der Waals surface area contributed by atoms with Crippen LogP contribution in [0.2, 0.25) is 0 Å². The third kappa shape index (κ3) is 3.39. The van der Waals surface area contributed by atoms with Gasteiger partial charge in [0.2, 0.25) is 0 Å². The van der Waals surface area contributed by atoms with Crippen molar-refractivity contribution in [3.63, 3.8) is 0 Å². The van der Waals surface area contributed by atoms with E-state index in [2.05, 4.69) is 55.0 Å². The average Bonchev–Trinajstić information content (AvgIpc) is 2.38. The number of aromatic nitrogens is 2. The molecule has 0 saturated carbocycles. The van der Waals surface area contributed by atoms with Crippen molar-refractivity contribution in [2.24, 2.45) is 0 Å². The van der Waals surface area contributed by atoms with E-state index in [0.717, 1.165) is 24.2 Å². The molecule has 2 aromatic heterocycles. The molecule has 0 aliphatic heterocycles. The fraction of sp³-hybridized carbons (Fsp3) is 0.375. The zero-order valence-corrected chi connectivity index (χ0v) is 11.4. The molecule has 0 bridgehead atoms. The third-order valence-corrected chi connectivity index (χ3v) is 3.08. The normalized spacial score (nSPS) is 10.9. The van der Waals surface area contributed by atoms with Crippen LogP contribution in [0.3, 0.4) is 0 Å². The van der Waals surface area contributed by atoms with Gasteiger partial charge in [-0.15, -0.1) is 0 Å². The van der Waals surface area contributed by atoms with Gasteiger partial charge in [-0.1, -0.05) is 26.0 Å². The summed E-state index contributed by atoms with van der Waals surface area (Å²) < 4.78 is 0. The van der Waals surface area contributed by atoms with Crippen LogP contribution in [0, 0.1) is 6.92 Å². The van der Waals surface area contributed by atoms with Crippen molar-refractivity contribution in [1.29, 1.82) is 0 Å². The highest BCUT2D eigenvalue weighted by Gasteiger charge is 2.01. The average molecular weight is 240 g/mol. The zero-order valence-electron chi connectivity index (χ0n) is 11.4. The first-order valence-corrected chi connectivity index (χ1v) is 6.51. The van der Waals surface area contributed by atoms with Gasteiger partial charge in [-0.2, -0.15) is 0 Å². The number of hydrogen-bond acceptors (Lipinski definition) is 2. The van der Waals surface area contributed by atoms with Crippen molar-refractivity contribution < 1.29 is 0 Å². The second kappa shape index (κ2) is 5.76. The molecule has 0 unspecified atom stereocenters. The lowest BCUT2D eigenvalue weighted by Gasteiger charge is -2.06. The maximum atomic E-state index is 4.48. The molecule has 2 heteroatoms. The molecule has 2 heterocycles. The summed E-state index contributed by atoms with van der Waals surface area (Å²) in [5.41, 5.74) is 4.80. The Morgan fingerprint density at radius 2 is 1.78 bits per heavy atom. The molecule has 0 fully saturated rings. The van der Waals surface area contributed by atoms with Gasteiger partial charge in [-0.25, -0.2) is 0 Å². The molecule has 0 radical (unpaired) electrons. The van der Waals surface area contributed by atoms with Crippen molar-refractivity contribution in [1.82, 2.24) is 9.97 Å². The predicted octanol–water partition coefficient (Wildman–Crippen LogP) is 3.69. The largest absolute Gasteiger partial charge is 0.261 e. The van der Waals surface area contributed by atoms with Crippen LogP contribution >= 0.6 is 0 Å². The van der Waals surface area contributed by atoms with E-state index in [1.54, 1.807) is 0 Å². The minimum Gasteiger partial charge on any atom is -0.261 e. The van der Waals surface area contributed by atoms with Crippen LogP contribution < -0.4 is 0 Å². The Kier molecular flexibility index (Phi) is 4.08. The molecule has 2 aromatic rings. The Bertz CT molecular complexity index is 484. The predicted molar refractivity (Wildman–Crippen MR) is 74.7 cm³/mol. The van der Waals surface area contributed by atoms with E-state index in [4.69, 9.17) is 0 Å². The summed E-state index contributed by atoms with van der Waals surface area (Å²) in [5, 5.41) is 0. The minimum absolute atomic E-state index is 0.498. The minimum atomic E-state index is 0.498. The highest BCUT2D eigenvalue weighted by atomic mass is 14.7. The molecular formula is C16H20N2. The van der Waals surface area contributed by atoms with Crippen LogP contribution in [0.25, 0.3) is 0 Å². The molecule has 0 saturated heterocycles. The summed E-state index contributed by atoms with van der Waals surface area (Å²) in [7, 11) is 0. The Balaban J connectivity index is 1.95. The van der Waals surface area contributed by atoms with Crippen LogP contribution in [0.4, 0.5) is 0 Å². The Morgan fingerprint density at radius 3 is 2.33 bits per heavy atom. The fourth-order valence-corrected chi connectivity index (χ4v) is 1.84. The molecule has 0 aliphatic carbocycles. The van der Waals surface area contributed by atoms with Gasteiger partial charge in [0.25, 0.3) is 0 Å². The van der Waals surface area contributed by atoms with Crippen LogP contribution in [-0.4, -0.2) is 9.97 Å². The molecule has 0 spiro atoms. The first kappa shape index (κ1) is 12.7. The van der Waals surface area contributed by atoms with E-state index in [1.807, 2.05) is 12.4 Å². The zero-order chi connectivity index (χ0) is 13.0. The molecule has 18 heavy (non-hydrogen) atoms. The van der Waals surface area contributed by atoms with Crippen molar-refractivity contribution in [3.05, 3.63) is 59.2 Å². The summed E-state index contributed by atoms with van der Waals surface area (Å²) in [6.45, 7) is 6.39. The van der Waals surface area contributed by atoms with Crippen LogP contribution in [0.15, 0.2) is 36.7 Å². The van der Waals surface area contributed by atoms with E-state index in [0.29, 0.717) is 5.92 Å². The number of aryl methyl sites for hydroxylation is 3. The van der Waals surface area contributed by atoms with Gasteiger partial charge in [0.15, 0.2) is 0 Å². The highest BCUT2D eigenvalue weighted by Crippen LogP contribution is 2.12. The standard InChI is InChI=1S/C16H20N2/c1-12(2)16-9-6-14(11-18-16)5-8-15-7-4-13(3)10-17-15/h4,6-7,9-12H,5,8H2,1-3H3. The topological polar surface area (TPSA) is 25.8 Å². The molecule has 0 amide bonds. The summed E-state index contributed by atoms with van der Waals surface area (Å²) >= 11 is 0. The maximum absolute atomic E-state index is 4.48. The summed E-state index contributed by atoms with van der Waals surface area (Å²) in [4.78, 5) is 8.90. The van der Waals surface area contributed by atoms with E-state index in [9.17, 15) is 0 Å². The number of hydrogen-bond donors (Lipinski definition) is 0. The molecule has 0 N–H and O–H groups in total. The van der Waals surface area contributed by atoms with E-state index >= 15 is 0 Å². The van der Waals surface area contributed by atoms with Crippen LogP contribution in [0.1, 0.15) is 42.3 Å². The van der Waals surface area contributed by atoms with E-state index < -0.39 is 0 Å². The van der Waals surface area contributed by atoms with Gasteiger partial charge >= 0.3 is 0 Å². The fourth-order valence-electron chi connectivity index (χ4n) is 1.84. The van der Waals surface area contributed by atoms with Crippen molar-refractivity contribution in [2.45, 2.75) is 39.5 Å². The lowest BCUT2D eigenvalue weighted by atomic mass is 10.1. The second-order valence-electron chi connectivity index (χ2n) is 5.07. The quantitative estimate of drug-likeness (QED) is 0.814. The molecule has 0 aromatic carbocycles. The van der Waals surface area contributed by atoms with Crippen molar-refractivity contribution >= 4 is 0 Å². The van der Waals surface area contributed by atoms with E-state index in [1.165, 1.54) is 11.1 Å². The van der Waals surface area contributed by atoms with Gasteiger partial charge in [-0.3, -0.25) is 9.97 Å². The van der Waals surface area contributed by atoms with Gasteiger partial charge in [-0.05, 0) is 48.9 Å². The Hall–Kier alpha value is -1.70. The number of pyridine rings is 2. The highest BCUT2D eigenvalue weighted by molar-refractivity contribution is 5.18.